The molecule has 0 spiro atoms. The second-order valence-electron chi connectivity index (χ2n) is 8.23. The van der Waals surface area contributed by atoms with Crippen molar-refractivity contribution in [2.75, 3.05) is 0 Å². The summed E-state index contributed by atoms with van der Waals surface area (Å²) in [6, 6.07) is 20.6. The molecule has 0 saturated heterocycles. The maximum atomic E-state index is 3.63. The molecule has 0 unspecified atom stereocenters. The molecule has 0 atom stereocenters. The summed E-state index contributed by atoms with van der Waals surface area (Å²) in [4.78, 5) is 0. The Morgan fingerprint density at radius 1 is 0.652 bits per heavy atom. The monoisotopic (exact) mass is 310 g/mol. The van der Waals surface area contributed by atoms with Gasteiger partial charge >= 0.3 is 0 Å². The average Bonchev–Trinajstić information content (AvgIpc) is 2.47. The number of rotatable bonds is 1. The first kappa shape index (κ1) is 21.2. The van der Waals surface area contributed by atoms with Crippen LogP contribution in [-0.2, 0) is 5.41 Å². The van der Waals surface area contributed by atoms with E-state index in [0.717, 1.165) is 0 Å². The average molecular weight is 311 g/mol. The van der Waals surface area contributed by atoms with E-state index in [0.29, 0.717) is 10.8 Å². The maximum Gasteiger partial charge on any atom is -0.0132 e. The molecule has 0 aliphatic rings. The van der Waals surface area contributed by atoms with Crippen LogP contribution in [0.2, 0.25) is 0 Å². The first-order valence-electron chi connectivity index (χ1n) is 8.27. The molecule has 0 N–H and O–H groups in total. The Labute approximate surface area is 144 Å². The van der Waals surface area contributed by atoms with Crippen molar-refractivity contribution in [3.63, 3.8) is 0 Å². The van der Waals surface area contributed by atoms with E-state index in [4.69, 9.17) is 0 Å². The summed E-state index contributed by atoms with van der Waals surface area (Å²) >= 11 is 0. The SMILES string of the molecule is C=Cc1ccccc1.CC(C)(C)C.CC(C)(C)c1ccccc1. The predicted octanol–water partition coefficient (Wildman–Crippen LogP) is 7.37. The topological polar surface area (TPSA) is 0 Å². The van der Waals surface area contributed by atoms with Gasteiger partial charge in [0.2, 0.25) is 0 Å². The van der Waals surface area contributed by atoms with Gasteiger partial charge in [-0.1, -0.05) is 122 Å². The summed E-state index contributed by atoms with van der Waals surface area (Å²) in [5, 5.41) is 0. The van der Waals surface area contributed by atoms with Crippen molar-refractivity contribution in [2.24, 2.45) is 5.41 Å². The van der Waals surface area contributed by atoms with Gasteiger partial charge in [-0.05, 0) is 22.0 Å². The molecule has 0 amide bonds. The van der Waals surface area contributed by atoms with E-state index < -0.39 is 0 Å². The molecule has 23 heavy (non-hydrogen) atoms. The fourth-order valence-corrected chi connectivity index (χ4v) is 1.53. The van der Waals surface area contributed by atoms with Crippen LogP contribution in [0, 0.1) is 5.41 Å². The van der Waals surface area contributed by atoms with Gasteiger partial charge < -0.3 is 0 Å². The zero-order valence-electron chi connectivity index (χ0n) is 16.1. The molecule has 2 aromatic rings. The Balaban J connectivity index is 0.000000335. The van der Waals surface area contributed by atoms with Crippen molar-refractivity contribution < 1.29 is 0 Å². The lowest BCUT2D eigenvalue weighted by Gasteiger charge is -2.18. The summed E-state index contributed by atoms with van der Waals surface area (Å²) in [6.07, 6.45) is 1.83. The van der Waals surface area contributed by atoms with Gasteiger partial charge in [-0.15, -0.1) is 0 Å². The minimum Gasteiger partial charge on any atom is -0.0985 e. The van der Waals surface area contributed by atoms with Gasteiger partial charge in [-0.3, -0.25) is 0 Å². The lowest BCUT2D eigenvalue weighted by molar-refractivity contribution is 0.469. The molecule has 0 aromatic heterocycles. The van der Waals surface area contributed by atoms with Crippen molar-refractivity contribution in [1.82, 2.24) is 0 Å². The lowest BCUT2D eigenvalue weighted by atomic mass is 9.87. The van der Waals surface area contributed by atoms with E-state index in [1.54, 1.807) is 0 Å². The third-order valence-corrected chi connectivity index (χ3v) is 2.68. The number of hydrogen-bond donors (Lipinski definition) is 0. The van der Waals surface area contributed by atoms with Gasteiger partial charge in [-0.2, -0.15) is 0 Å². The van der Waals surface area contributed by atoms with Gasteiger partial charge in [0, 0.05) is 0 Å². The van der Waals surface area contributed by atoms with E-state index in [9.17, 15) is 0 Å². The fraction of sp³-hybridized carbons (Fsp3) is 0.391. The quantitative estimate of drug-likeness (QED) is 0.516. The first-order chi connectivity index (χ1) is 10.5. The summed E-state index contributed by atoms with van der Waals surface area (Å²) in [5.41, 5.74) is 3.36. The van der Waals surface area contributed by atoms with Crippen LogP contribution in [0.15, 0.2) is 67.2 Å². The van der Waals surface area contributed by atoms with Crippen LogP contribution < -0.4 is 0 Å². The highest BCUT2D eigenvalue weighted by Gasteiger charge is 2.11. The van der Waals surface area contributed by atoms with E-state index in [1.165, 1.54) is 11.1 Å². The Kier molecular flexibility index (Phi) is 9.25. The van der Waals surface area contributed by atoms with Crippen molar-refractivity contribution in [1.29, 1.82) is 0 Å². The Morgan fingerprint density at radius 2 is 1.00 bits per heavy atom. The zero-order chi connectivity index (χ0) is 17.9. The van der Waals surface area contributed by atoms with Crippen LogP contribution in [0.4, 0.5) is 0 Å². The van der Waals surface area contributed by atoms with E-state index >= 15 is 0 Å². The van der Waals surface area contributed by atoms with Gasteiger partial charge in [0.1, 0.15) is 0 Å². The normalized spacial score (nSPS) is 10.6. The molecule has 0 bridgehead atoms. The molecule has 0 saturated carbocycles. The van der Waals surface area contributed by atoms with Gasteiger partial charge in [0.15, 0.2) is 0 Å². The van der Waals surface area contributed by atoms with Gasteiger partial charge in [-0.25, -0.2) is 0 Å². The minimum absolute atomic E-state index is 0.293. The van der Waals surface area contributed by atoms with Crippen molar-refractivity contribution in [2.45, 2.75) is 53.9 Å². The summed E-state index contributed by atoms with van der Waals surface area (Å²) in [6.45, 7) is 19.1. The molecule has 0 fully saturated rings. The van der Waals surface area contributed by atoms with Crippen LogP contribution in [0.25, 0.3) is 6.08 Å². The molecule has 0 nitrogen and oxygen atoms in total. The van der Waals surface area contributed by atoms with Crippen LogP contribution in [0.3, 0.4) is 0 Å². The Hall–Kier alpha value is -1.82. The third-order valence-electron chi connectivity index (χ3n) is 2.68. The van der Waals surface area contributed by atoms with Crippen LogP contribution in [0.1, 0.15) is 59.6 Å². The largest absolute Gasteiger partial charge is 0.0985 e. The van der Waals surface area contributed by atoms with E-state index in [1.807, 2.05) is 36.4 Å². The number of hydrogen-bond acceptors (Lipinski definition) is 0. The standard InChI is InChI=1S/C10H14.C8H8.C5H12/c1-10(2,3)9-7-5-4-6-8-9;1-2-8-6-4-3-5-7-8;1-5(2,3)4/h4-8H,1-3H3;2-7H,1H2;1-4H3. The molecule has 2 aromatic carbocycles. The molecule has 0 heteroatoms. The van der Waals surface area contributed by atoms with Crippen LogP contribution >= 0.6 is 0 Å². The molecule has 0 aliphatic carbocycles. The smallest absolute Gasteiger partial charge is 0.0132 e. The fourth-order valence-electron chi connectivity index (χ4n) is 1.53. The molecular formula is C23H34. The van der Waals surface area contributed by atoms with Gasteiger partial charge in [0.25, 0.3) is 0 Å². The molecular weight excluding hydrogens is 276 g/mol. The maximum absolute atomic E-state index is 3.63. The highest BCUT2D eigenvalue weighted by atomic mass is 14.2. The summed E-state index contributed by atoms with van der Waals surface area (Å²) in [7, 11) is 0. The van der Waals surface area contributed by atoms with Gasteiger partial charge in [0.05, 0.1) is 0 Å². The van der Waals surface area contributed by atoms with E-state index in [2.05, 4.69) is 85.4 Å². The van der Waals surface area contributed by atoms with Crippen molar-refractivity contribution in [3.8, 4) is 0 Å². The minimum atomic E-state index is 0.293. The van der Waals surface area contributed by atoms with Crippen molar-refractivity contribution in [3.05, 3.63) is 78.4 Å². The van der Waals surface area contributed by atoms with E-state index in [-0.39, 0.29) is 0 Å². The second-order valence-corrected chi connectivity index (χ2v) is 8.23. The molecule has 2 rings (SSSR count). The second kappa shape index (κ2) is 10.0. The lowest BCUT2D eigenvalue weighted by Crippen LogP contribution is -2.10. The first-order valence-corrected chi connectivity index (χ1v) is 8.27. The molecule has 0 heterocycles. The van der Waals surface area contributed by atoms with Crippen LogP contribution in [0.5, 0.6) is 0 Å². The Bertz CT molecular complexity index is 516. The Morgan fingerprint density at radius 3 is 1.22 bits per heavy atom. The van der Waals surface area contributed by atoms with Crippen molar-refractivity contribution >= 4 is 6.08 Å². The number of benzene rings is 2. The summed E-state index contributed by atoms with van der Waals surface area (Å²) in [5.74, 6) is 0. The highest BCUT2D eigenvalue weighted by Crippen LogP contribution is 2.20. The molecule has 0 aliphatic heterocycles. The van der Waals surface area contributed by atoms with Crippen LogP contribution in [-0.4, -0.2) is 0 Å². The third kappa shape index (κ3) is 13.6. The summed E-state index contributed by atoms with van der Waals surface area (Å²) < 4.78 is 0. The molecule has 0 radical (unpaired) electrons. The molecule has 126 valence electrons. The zero-order valence-corrected chi connectivity index (χ0v) is 16.1. The highest BCUT2D eigenvalue weighted by molar-refractivity contribution is 5.45. The predicted molar refractivity (Wildman–Crippen MR) is 107 cm³/mol.